The average molecular weight is 361 g/mol. The summed E-state index contributed by atoms with van der Waals surface area (Å²) in [6.07, 6.45) is 6.33. The molecule has 1 saturated heterocycles. The molecule has 0 spiro atoms. The third-order valence-electron chi connectivity index (χ3n) is 5.16. The monoisotopic (exact) mass is 360 g/mol. The van der Waals surface area contributed by atoms with E-state index in [0.717, 1.165) is 12.1 Å². The summed E-state index contributed by atoms with van der Waals surface area (Å²) < 4.78 is 14.5. The van der Waals surface area contributed by atoms with Gasteiger partial charge in [0.2, 0.25) is 0 Å². The van der Waals surface area contributed by atoms with Crippen LogP contribution in [0, 0.1) is 0 Å². The van der Waals surface area contributed by atoms with Gasteiger partial charge in [-0.1, -0.05) is 45.8 Å². The fourth-order valence-corrected chi connectivity index (χ4v) is 7.60. The van der Waals surface area contributed by atoms with E-state index in [2.05, 4.69) is 36.0 Å². The van der Waals surface area contributed by atoms with Crippen molar-refractivity contribution in [3.63, 3.8) is 0 Å². The number of hydrogen-bond acceptors (Lipinski definition) is 4. The predicted molar refractivity (Wildman–Crippen MR) is 105 cm³/mol. The minimum absolute atomic E-state index is 1.13. The van der Waals surface area contributed by atoms with Gasteiger partial charge in [0.1, 0.15) is 8.24 Å². The molecule has 0 bridgehead atoms. The first kappa shape index (κ1) is 21.3. The van der Waals surface area contributed by atoms with Crippen molar-refractivity contribution in [3.05, 3.63) is 0 Å². The highest BCUT2D eigenvalue weighted by molar-refractivity contribution is 6.73. The van der Waals surface area contributed by atoms with Gasteiger partial charge >= 0.3 is 8.56 Å². The molecule has 0 unspecified atom stereocenters. The first-order valence-corrected chi connectivity index (χ1v) is 15.1. The van der Waals surface area contributed by atoms with Crippen molar-refractivity contribution in [2.75, 3.05) is 40.5 Å². The van der Waals surface area contributed by atoms with E-state index in [4.69, 9.17) is 8.85 Å². The van der Waals surface area contributed by atoms with E-state index in [0.29, 0.717) is 0 Å². The molecule has 4 nitrogen and oxygen atoms in total. The summed E-state index contributed by atoms with van der Waals surface area (Å²) in [4.78, 5) is 2.64. The van der Waals surface area contributed by atoms with Gasteiger partial charge in [0, 0.05) is 27.4 Å². The molecule has 1 fully saturated rings. The maximum absolute atomic E-state index is 5.89. The number of nitrogens with zero attached hydrogens (tertiary/aromatic N) is 2. The maximum Gasteiger partial charge on any atom is 0.337 e. The molecular weight excluding hydrogens is 320 g/mol. The number of rotatable bonds is 11. The standard InChI is InChI=1S/C17H40N2O2Si2/c1-7-8-9-15-23(20-2,21-3)16-11-13-18-12-10-14-19(17-18)22(4,5)6/h7-17H2,1-6H3. The maximum atomic E-state index is 5.89. The summed E-state index contributed by atoms with van der Waals surface area (Å²) >= 11 is 0. The molecule has 6 heteroatoms. The van der Waals surface area contributed by atoms with Gasteiger partial charge in [-0.05, 0) is 38.0 Å². The van der Waals surface area contributed by atoms with Crippen LogP contribution < -0.4 is 0 Å². The van der Waals surface area contributed by atoms with Crippen molar-refractivity contribution in [1.82, 2.24) is 9.47 Å². The molecular formula is C17H40N2O2Si2. The molecule has 0 N–H and O–H groups in total. The quantitative estimate of drug-likeness (QED) is 0.409. The van der Waals surface area contributed by atoms with Gasteiger partial charge in [0.25, 0.3) is 0 Å². The fraction of sp³-hybridized carbons (Fsp3) is 1.00. The molecule has 0 radical (unpaired) electrons. The Bertz CT molecular complexity index is 320. The normalized spacial score (nSPS) is 18.5. The van der Waals surface area contributed by atoms with Crippen molar-refractivity contribution in [1.29, 1.82) is 0 Å². The molecule has 0 atom stereocenters. The number of unbranched alkanes of at least 4 members (excludes halogenated alkanes) is 2. The molecule has 1 aliphatic heterocycles. The molecule has 0 aromatic carbocycles. The van der Waals surface area contributed by atoms with Crippen LogP contribution in [-0.4, -0.2) is 66.8 Å². The highest BCUT2D eigenvalue weighted by Crippen LogP contribution is 2.24. The first-order valence-electron chi connectivity index (χ1n) is 9.44. The second kappa shape index (κ2) is 10.3. The summed E-state index contributed by atoms with van der Waals surface area (Å²) in [6.45, 7) is 14.5. The molecule has 1 rings (SSSR count). The molecule has 0 saturated carbocycles. The Labute approximate surface area is 146 Å². The second-order valence-corrected chi connectivity index (χ2v) is 16.5. The van der Waals surface area contributed by atoms with Crippen molar-refractivity contribution in [2.45, 2.75) is 70.8 Å². The third-order valence-corrected chi connectivity index (χ3v) is 11.1. The van der Waals surface area contributed by atoms with Crippen molar-refractivity contribution in [2.24, 2.45) is 0 Å². The van der Waals surface area contributed by atoms with Gasteiger partial charge < -0.3 is 13.4 Å². The molecule has 1 aliphatic rings. The van der Waals surface area contributed by atoms with E-state index in [1.165, 1.54) is 58.4 Å². The van der Waals surface area contributed by atoms with Crippen LogP contribution in [-0.2, 0) is 8.85 Å². The Morgan fingerprint density at radius 2 is 1.57 bits per heavy atom. The topological polar surface area (TPSA) is 24.9 Å². The zero-order valence-corrected chi connectivity index (χ0v) is 18.5. The minimum atomic E-state index is -1.95. The van der Waals surface area contributed by atoms with Crippen molar-refractivity contribution < 1.29 is 8.85 Å². The zero-order valence-electron chi connectivity index (χ0n) is 16.5. The fourth-order valence-electron chi connectivity index (χ4n) is 3.43. The van der Waals surface area contributed by atoms with Crippen LogP contribution in [0.2, 0.25) is 31.7 Å². The van der Waals surface area contributed by atoms with E-state index in [9.17, 15) is 0 Å². The summed E-state index contributed by atoms with van der Waals surface area (Å²) in [5.74, 6) is 0. The molecule has 138 valence electrons. The minimum Gasteiger partial charge on any atom is -0.398 e. The van der Waals surface area contributed by atoms with E-state index >= 15 is 0 Å². The van der Waals surface area contributed by atoms with Crippen LogP contribution in [0.4, 0.5) is 0 Å². The van der Waals surface area contributed by atoms with Crippen LogP contribution in [0.5, 0.6) is 0 Å². The van der Waals surface area contributed by atoms with Gasteiger partial charge in [-0.25, -0.2) is 0 Å². The van der Waals surface area contributed by atoms with Crippen LogP contribution >= 0.6 is 0 Å². The lowest BCUT2D eigenvalue weighted by atomic mass is 10.3. The van der Waals surface area contributed by atoms with Crippen LogP contribution in [0.1, 0.15) is 39.0 Å². The van der Waals surface area contributed by atoms with E-state index < -0.39 is 16.8 Å². The Kier molecular flexibility index (Phi) is 9.55. The van der Waals surface area contributed by atoms with Crippen molar-refractivity contribution >= 4 is 16.8 Å². The molecule has 0 amide bonds. The second-order valence-electron chi connectivity index (χ2n) is 7.93. The van der Waals surface area contributed by atoms with Crippen LogP contribution in [0.3, 0.4) is 0 Å². The molecule has 0 aliphatic carbocycles. The smallest absolute Gasteiger partial charge is 0.337 e. The Hall–Kier alpha value is 0.274. The average Bonchev–Trinajstić information content (AvgIpc) is 2.53. The Morgan fingerprint density at radius 3 is 2.13 bits per heavy atom. The summed E-state index contributed by atoms with van der Waals surface area (Å²) in [7, 11) is 0.604. The third kappa shape index (κ3) is 7.36. The lowest BCUT2D eigenvalue weighted by Crippen LogP contribution is -2.55. The van der Waals surface area contributed by atoms with Gasteiger partial charge in [0.15, 0.2) is 0 Å². The largest absolute Gasteiger partial charge is 0.398 e. The molecule has 23 heavy (non-hydrogen) atoms. The lowest BCUT2D eigenvalue weighted by molar-refractivity contribution is 0.139. The molecule has 0 aromatic heterocycles. The number of hydrogen-bond donors (Lipinski definition) is 0. The Morgan fingerprint density at radius 1 is 0.913 bits per heavy atom. The van der Waals surface area contributed by atoms with Gasteiger partial charge in [-0.2, -0.15) is 0 Å². The molecule has 1 heterocycles. The van der Waals surface area contributed by atoms with E-state index in [-0.39, 0.29) is 0 Å². The summed E-state index contributed by atoms with van der Waals surface area (Å²) in [6, 6.07) is 2.28. The highest BCUT2D eigenvalue weighted by atomic mass is 28.4. The highest BCUT2D eigenvalue weighted by Gasteiger charge is 2.34. The van der Waals surface area contributed by atoms with Gasteiger partial charge in [-0.3, -0.25) is 4.90 Å². The van der Waals surface area contributed by atoms with Gasteiger partial charge in [-0.15, -0.1) is 0 Å². The van der Waals surface area contributed by atoms with E-state index in [1.54, 1.807) is 0 Å². The summed E-state index contributed by atoms with van der Waals surface area (Å²) in [5, 5.41) is 0. The lowest BCUT2D eigenvalue weighted by Gasteiger charge is -2.42. The Balaban J connectivity index is 2.40. The van der Waals surface area contributed by atoms with Crippen molar-refractivity contribution in [3.8, 4) is 0 Å². The van der Waals surface area contributed by atoms with Gasteiger partial charge in [0.05, 0.1) is 0 Å². The summed E-state index contributed by atoms with van der Waals surface area (Å²) in [5.41, 5.74) is 0. The zero-order chi connectivity index (χ0) is 17.3. The van der Waals surface area contributed by atoms with E-state index in [1.807, 2.05) is 14.2 Å². The van der Waals surface area contributed by atoms with Crippen LogP contribution in [0.15, 0.2) is 0 Å². The molecule has 0 aromatic rings. The predicted octanol–water partition coefficient (Wildman–Crippen LogP) is 4.10. The SMILES string of the molecule is CCCCC[Si](CCCN1CCCN([Si](C)(C)C)C1)(OC)OC. The van der Waals surface area contributed by atoms with Crippen LogP contribution in [0.25, 0.3) is 0 Å². The first-order chi connectivity index (χ1) is 10.9.